The van der Waals surface area contributed by atoms with Gasteiger partial charge in [0, 0.05) is 23.8 Å². The smallest absolute Gasteiger partial charge is 0.243 e. The monoisotopic (exact) mass is 420 g/mol. The van der Waals surface area contributed by atoms with Crippen molar-refractivity contribution < 1.29 is 21.5 Å². The lowest BCUT2D eigenvalue weighted by atomic mass is 10.2. The number of likely N-dealkylation sites (N-methyl/N-ethyl adjacent to an activating group) is 1. The molecule has 8 heteroatoms. The van der Waals surface area contributed by atoms with Gasteiger partial charge in [0.25, 0.3) is 0 Å². The number of aryl methyl sites for hydroxylation is 1. The molecule has 0 aliphatic rings. The molecule has 132 valence electrons. The summed E-state index contributed by atoms with van der Waals surface area (Å²) in [7, 11) is 2.03. The highest BCUT2D eigenvalue weighted by Crippen LogP contribution is 2.23. The molecule has 0 aliphatic heterocycles. The van der Waals surface area contributed by atoms with Crippen LogP contribution in [0.1, 0.15) is 6.92 Å². The first-order chi connectivity index (χ1) is 11.7. The number of hydrogen-bond acceptors (Lipinski definition) is 5. The summed E-state index contributed by atoms with van der Waals surface area (Å²) in [6.07, 6.45) is 7.97. The number of hydrogen-bond donors (Lipinski definition) is 0. The molecular weight excluding hydrogens is 400 g/mol. The Hall–Kier alpha value is -2.06. The first kappa shape index (κ1) is 19.3. The number of halogens is 1. The van der Waals surface area contributed by atoms with Crippen LogP contribution in [0.4, 0.5) is 16.5 Å². The van der Waals surface area contributed by atoms with Crippen LogP contribution in [-0.2, 0) is 13.6 Å². The lowest BCUT2D eigenvalue weighted by molar-refractivity contribution is -0.671. The summed E-state index contributed by atoms with van der Waals surface area (Å²) in [6.45, 7) is 5.06. The molecule has 0 radical (unpaired) electrons. The number of azo groups is 1. The van der Waals surface area contributed by atoms with Crippen molar-refractivity contribution in [3.63, 3.8) is 0 Å². The molecule has 0 atom stereocenters. The maximum Gasteiger partial charge on any atom is 0.243 e. The normalized spacial score (nSPS) is 10.8. The van der Waals surface area contributed by atoms with Gasteiger partial charge in [0.2, 0.25) is 11.5 Å². The summed E-state index contributed by atoms with van der Waals surface area (Å²) in [5, 5.41) is 10.9. The minimum atomic E-state index is 0. The molecular formula is C17H21BrN6S. The van der Waals surface area contributed by atoms with Gasteiger partial charge in [0.05, 0.1) is 19.3 Å². The molecule has 25 heavy (non-hydrogen) atoms. The van der Waals surface area contributed by atoms with Gasteiger partial charge in [-0.05, 0) is 31.2 Å². The van der Waals surface area contributed by atoms with Crippen molar-refractivity contribution in [2.75, 3.05) is 18.0 Å². The number of thiazole rings is 1. The van der Waals surface area contributed by atoms with Gasteiger partial charge in [-0.15, -0.1) is 21.6 Å². The molecule has 3 aromatic rings. The summed E-state index contributed by atoms with van der Waals surface area (Å²) in [6, 6.07) is 8.17. The molecule has 0 bridgehead atoms. The summed E-state index contributed by atoms with van der Waals surface area (Å²) < 4.78 is 4.25. The van der Waals surface area contributed by atoms with Gasteiger partial charge in [-0.25, -0.2) is 14.1 Å². The quantitative estimate of drug-likeness (QED) is 0.417. The van der Waals surface area contributed by atoms with E-state index in [0.29, 0.717) is 5.13 Å². The van der Waals surface area contributed by atoms with Gasteiger partial charge >= 0.3 is 0 Å². The first-order valence-corrected chi connectivity index (χ1v) is 8.80. The Bertz CT molecular complexity index is 782. The van der Waals surface area contributed by atoms with Crippen LogP contribution in [-0.4, -0.2) is 22.6 Å². The van der Waals surface area contributed by atoms with E-state index in [2.05, 4.69) is 67.0 Å². The van der Waals surface area contributed by atoms with Gasteiger partial charge in [0.1, 0.15) is 18.9 Å². The zero-order chi connectivity index (χ0) is 16.8. The van der Waals surface area contributed by atoms with E-state index in [1.165, 1.54) is 17.0 Å². The fraction of sp³-hybridized carbons (Fsp3) is 0.294. The van der Waals surface area contributed by atoms with Crippen LogP contribution in [0, 0.1) is 0 Å². The van der Waals surface area contributed by atoms with E-state index in [0.717, 1.165) is 25.3 Å². The van der Waals surface area contributed by atoms with Crippen LogP contribution < -0.4 is 26.4 Å². The van der Waals surface area contributed by atoms with Crippen LogP contribution in [0.25, 0.3) is 0 Å². The fourth-order valence-corrected chi connectivity index (χ4v) is 2.89. The molecule has 2 heterocycles. The number of aromatic nitrogens is 3. The Labute approximate surface area is 162 Å². The average Bonchev–Trinajstić information content (AvgIpc) is 3.26. The van der Waals surface area contributed by atoms with Crippen molar-refractivity contribution in [3.8, 4) is 0 Å². The lowest BCUT2D eigenvalue weighted by Gasteiger charge is -2.22. The van der Waals surface area contributed by atoms with Crippen LogP contribution in [0.5, 0.6) is 0 Å². The van der Waals surface area contributed by atoms with Gasteiger partial charge in [-0.2, -0.15) is 0 Å². The molecule has 0 spiro atoms. The second-order valence-electron chi connectivity index (χ2n) is 5.43. The zero-order valence-corrected chi connectivity index (χ0v) is 16.7. The highest BCUT2D eigenvalue weighted by atomic mass is 79.9. The lowest BCUT2D eigenvalue weighted by Crippen LogP contribution is -3.00. The minimum absolute atomic E-state index is 0. The Morgan fingerprint density at radius 1 is 1.24 bits per heavy atom. The van der Waals surface area contributed by atoms with E-state index in [4.69, 9.17) is 0 Å². The molecule has 0 aliphatic carbocycles. The molecule has 0 unspecified atom stereocenters. The first-order valence-electron chi connectivity index (χ1n) is 7.92. The van der Waals surface area contributed by atoms with E-state index in [1.54, 1.807) is 6.20 Å². The summed E-state index contributed by atoms with van der Waals surface area (Å²) in [5.74, 6) is 0. The molecule has 6 nitrogen and oxygen atoms in total. The number of nitrogens with zero attached hydrogens (tertiary/aromatic N) is 6. The highest BCUT2D eigenvalue weighted by molar-refractivity contribution is 7.13. The largest absolute Gasteiger partial charge is 1.00 e. The maximum absolute atomic E-state index is 4.22. The summed E-state index contributed by atoms with van der Waals surface area (Å²) >= 11 is 1.48. The van der Waals surface area contributed by atoms with Gasteiger partial charge in [0.15, 0.2) is 0 Å². The summed E-state index contributed by atoms with van der Waals surface area (Å²) in [5.41, 5.74) is 2.03. The van der Waals surface area contributed by atoms with E-state index >= 15 is 0 Å². The third-order valence-corrected chi connectivity index (χ3v) is 4.37. The SMILES string of the molecule is CCN(CCn1cc[n+](C)c1)c1ccc(N=Nc2nccs2)cc1.[Br-]. The third kappa shape index (κ3) is 5.47. The van der Waals surface area contributed by atoms with Gasteiger partial charge < -0.3 is 21.9 Å². The van der Waals surface area contributed by atoms with Gasteiger partial charge in [-0.1, -0.05) is 0 Å². The molecule has 0 saturated heterocycles. The molecule has 0 fully saturated rings. The second kappa shape index (κ2) is 9.43. The molecule has 0 N–H and O–H groups in total. The summed E-state index contributed by atoms with van der Waals surface area (Å²) in [4.78, 5) is 6.44. The van der Waals surface area contributed by atoms with Crippen molar-refractivity contribution in [1.29, 1.82) is 0 Å². The van der Waals surface area contributed by atoms with Crippen molar-refractivity contribution in [2.24, 2.45) is 17.3 Å². The van der Waals surface area contributed by atoms with Crippen molar-refractivity contribution in [3.05, 3.63) is 54.6 Å². The van der Waals surface area contributed by atoms with Crippen LogP contribution in [0.2, 0.25) is 0 Å². The Balaban J connectivity index is 0.00000225. The minimum Gasteiger partial charge on any atom is -1.00 e. The van der Waals surface area contributed by atoms with Gasteiger partial charge in [-0.3, -0.25) is 0 Å². The topological polar surface area (TPSA) is 49.7 Å². The standard InChI is InChI=1S/C17H21N6S.BrH/c1-3-23(12-11-22-10-9-21(2)14-22)16-6-4-15(5-7-16)19-20-17-18-8-13-24-17;/h4-10,13-14H,3,11-12H2,1-2H3;1H/q+1;/p-1. The Morgan fingerprint density at radius 3 is 2.64 bits per heavy atom. The molecule has 0 amide bonds. The second-order valence-corrected chi connectivity index (χ2v) is 6.30. The van der Waals surface area contributed by atoms with Crippen molar-refractivity contribution in [2.45, 2.75) is 13.5 Å². The molecule has 3 rings (SSSR count). The van der Waals surface area contributed by atoms with E-state index in [1.807, 2.05) is 24.6 Å². The third-order valence-electron chi connectivity index (χ3n) is 3.72. The molecule has 2 aromatic heterocycles. The molecule has 1 aromatic carbocycles. The number of imidazole rings is 1. The van der Waals surface area contributed by atoms with E-state index in [-0.39, 0.29) is 17.0 Å². The van der Waals surface area contributed by atoms with Crippen molar-refractivity contribution >= 4 is 27.8 Å². The average molecular weight is 421 g/mol. The van der Waals surface area contributed by atoms with Crippen LogP contribution >= 0.6 is 11.3 Å². The number of rotatable bonds is 7. The molecule has 0 saturated carbocycles. The fourth-order valence-electron chi connectivity index (χ4n) is 2.44. The van der Waals surface area contributed by atoms with Crippen LogP contribution in [0.15, 0.2) is 64.8 Å². The zero-order valence-electron chi connectivity index (χ0n) is 14.3. The van der Waals surface area contributed by atoms with Crippen molar-refractivity contribution in [1.82, 2.24) is 9.55 Å². The van der Waals surface area contributed by atoms with E-state index < -0.39 is 0 Å². The highest BCUT2D eigenvalue weighted by Gasteiger charge is 2.07. The number of benzene rings is 1. The van der Waals surface area contributed by atoms with Crippen LogP contribution in [0.3, 0.4) is 0 Å². The Kier molecular flexibility index (Phi) is 7.27. The maximum atomic E-state index is 4.22. The predicted molar refractivity (Wildman–Crippen MR) is 96.2 cm³/mol. The Morgan fingerprint density at radius 2 is 2.04 bits per heavy atom. The van der Waals surface area contributed by atoms with E-state index in [9.17, 15) is 0 Å². The predicted octanol–water partition coefficient (Wildman–Crippen LogP) is 0.715. The number of anilines is 1.